The van der Waals surface area contributed by atoms with Gasteiger partial charge in [0.2, 0.25) is 5.91 Å². The molecule has 1 aromatic heterocycles. The van der Waals surface area contributed by atoms with Crippen LogP contribution in [0.4, 0.5) is 5.69 Å². The maximum absolute atomic E-state index is 14.0. The van der Waals surface area contributed by atoms with Gasteiger partial charge in [0.1, 0.15) is 4.88 Å². The molecule has 2 saturated carbocycles. The molecule has 1 amide bonds. The van der Waals surface area contributed by atoms with E-state index in [1.54, 1.807) is 0 Å². The number of aromatic carboxylic acids is 1. The van der Waals surface area contributed by atoms with E-state index < -0.39 is 5.97 Å². The first kappa shape index (κ1) is 26.9. The summed E-state index contributed by atoms with van der Waals surface area (Å²) in [6, 6.07) is 1.83. The number of allylic oxidation sites excluding steroid dienone is 2. The molecule has 0 unspecified atom stereocenters. The van der Waals surface area contributed by atoms with Gasteiger partial charge in [-0.25, -0.2) is 4.79 Å². The van der Waals surface area contributed by atoms with Crippen LogP contribution < -0.4 is 4.90 Å². The molecule has 0 aliphatic heterocycles. The van der Waals surface area contributed by atoms with Crippen LogP contribution in [0.25, 0.3) is 0 Å². The third kappa shape index (κ3) is 6.81. The standard InChI is InChI=1S/C30H41NO4S/c1-20-9-11-21(12-10-20)28(32)31(22-13-15-24(16-14-22)35-23-7-5-6-8-23)26-19-25(17-18-30(2,3)4)36-27(26)29(33)34/h9,19,21-24H,5-8,10-16H2,1-4H3,(H,33,34)/t21-,22-,24-/m1/s1. The molecule has 6 heteroatoms. The number of ether oxygens (including phenoxy) is 1. The molecule has 1 N–H and O–H groups in total. The van der Waals surface area contributed by atoms with Crippen molar-refractivity contribution in [3.8, 4) is 11.8 Å². The van der Waals surface area contributed by atoms with Crippen molar-refractivity contribution in [2.24, 2.45) is 11.3 Å². The lowest BCUT2D eigenvalue weighted by Gasteiger charge is -2.39. The van der Waals surface area contributed by atoms with Crippen LogP contribution in [0.2, 0.25) is 0 Å². The molecule has 0 saturated heterocycles. The summed E-state index contributed by atoms with van der Waals surface area (Å²) in [5, 5.41) is 10.1. The number of carboxylic acid groups (broad SMARTS) is 1. The number of carbonyl (C=O) groups is 2. The number of rotatable bonds is 6. The topological polar surface area (TPSA) is 66.8 Å². The minimum absolute atomic E-state index is 0.0101. The summed E-state index contributed by atoms with van der Waals surface area (Å²) in [4.78, 5) is 29.1. The molecule has 36 heavy (non-hydrogen) atoms. The average Bonchev–Trinajstić information content (AvgIpc) is 3.49. The van der Waals surface area contributed by atoms with Crippen molar-refractivity contribution in [1.29, 1.82) is 0 Å². The first-order valence-electron chi connectivity index (χ1n) is 13.6. The van der Waals surface area contributed by atoms with E-state index in [0.29, 0.717) is 16.7 Å². The second-order valence-corrected chi connectivity index (χ2v) is 12.9. The van der Waals surface area contributed by atoms with Crippen molar-refractivity contribution in [1.82, 2.24) is 0 Å². The highest BCUT2D eigenvalue weighted by Gasteiger charge is 2.37. The van der Waals surface area contributed by atoms with Gasteiger partial charge in [-0.2, -0.15) is 0 Å². The van der Waals surface area contributed by atoms with Crippen LogP contribution in [0.3, 0.4) is 0 Å². The van der Waals surface area contributed by atoms with Gasteiger partial charge in [-0.1, -0.05) is 36.3 Å². The Labute approximate surface area is 220 Å². The zero-order valence-electron chi connectivity index (χ0n) is 22.3. The molecule has 1 atom stereocenters. The smallest absolute Gasteiger partial charge is 0.348 e. The SMILES string of the molecule is CC1=CC[C@@H](C(=O)N(c2cc(C#CC(C)(C)C)sc2C(=O)O)[C@H]2CC[C@H](OC3CCCC3)CC2)CC1. The first-order valence-corrected chi connectivity index (χ1v) is 14.5. The summed E-state index contributed by atoms with van der Waals surface area (Å²) in [5.74, 6) is 5.35. The van der Waals surface area contributed by atoms with E-state index in [2.05, 4.69) is 24.8 Å². The van der Waals surface area contributed by atoms with E-state index >= 15 is 0 Å². The fraction of sp³-hybridized carbons (Fsp3) is 0.667. The van der Waals surface area contributed by atoms with Crippen molar-refractivity contribution < 1.29 is 19.4 Å². The van der Waals surface area contributed by atoms with Crippen molar-refractivity contribution >= 4 is 28.9 Å². The number of hydrogen-bond acceptors (Lipinski definition) is 4. The molecule has 3 aliphatic carbocycles. The molecular weight excluding hydrogens is 470 g/mol. The first-order chi connectivity index (χ1) is 17.1. The summed E-state index contributed by atoms with van der Waals surface area (Å²) in [7, 11) is 0. The van der Waals surface area contributed by atoms with Gasteiger partial charge in [0.25, 0.3) is 0 Å². The lowest BCUT2D eigenvalue weighted by atomic mass is 9.86. The summed E-state index contributed by atoms with van der Waals surface area (Å²) in [6.07, 6.45) is 13.6. The molecule has 0 aromatic carbocycles. The van der Waals surface area contributed by atoms with Gasteiger partial charge in [-0.3, -0.25) is 4.79 Å². The van der Waals surface area contributed by atoms with Crippen molar-refractivity contribution in [3.05, 3.63) is 27.5 Å². The Balaban J connectivity index is 1.61. The lowest BCUT2D eigenvalue weighted by Crippen LogP contribution is -2.47. The Morgan fingerprint density at radius 2 is 1.72 bits per heavy atom. The van der Waals surface area contributed by atoms with Gasteiger partial charge >= 0.3 is 5.97 Å². The molecule has 196 valence electrons. The van der Waals surface area contributed by atoms with Crippen LogP contribution in [-0.2, 0) is 9.53 Å². The van der Waals surface area contributed by atoms with E-state index in [-0.39, 0.29) is 34.3 Å². The molecule has 0 bridgehead atoms. The fourth-order valence-electron chi connectivity index (χ4n) is 5.64. The predicted molar refractivity (Wildman–Crippen MR) is 146 cm³/mol. The van der Waals surface area contributed by atoms with E-state index in [1.807, 2.05) is 31.7 Å². The minimum atomic E-state index is -0.991. The van der Waals surface area contributed by atoms with Crippen LogP contribution >= 0.6 is 11.3 Å². The van der Waals surface area contributed by atoms with Gasteiger partial charge in [-0.15, -0.1) is 11.3 Å². The predicted octanol–water partition coefficient (Wildman–Crippen LogP) is 7.19. The fourth-order valence-corrected chi connectivity index (χ4v) is 6.48. The molecule has 0 spiro atoms. The molecule has 4 rings (SSSR count). The highest BCUT2D eigenvalue weighted by molar-refractivity contribution is 7.15. The second kappa shape index (κ2) is 11.5. The van der Waals surface area contributed by atoms with Crippen LogP contribution in [0.15, 0.2) is 17.7 Å². The lowest BCUT2D eigenvalue weighted by molar-refractivity contribution is -0.123. The molecule has 1 heterocycles. The zero-order chi connectivity index (χ0) is 25.9. The summed E-state index contributed by atoms with van der Waals surface area (Å²) >= 11 is 1.18. The number of nitrogens with zero attached hydrogens (tertiary/aromatic N) is 1. The largest absolute Gasteiger partial charge is 0.477 e. The third-order valence-corrected chi connectivity index (χ3v) is 8.68. The summed E-state index contributed by atoms with van der Waals surface area (Å²) in [6.45, 7) is 8.22. The number of amides is 1. The van der Waals surface area contributed by atoms with Gasteiger partial charge in [-0.05, 0) is 91.5 Å². The highest BCUT2D eigenvalue weighted by Crippen LogP contribution is 2.39. The molecular formula is C30H41NO4S. The Kier molecular flexibility index (Phi) is 8.63. The average molecular weight is 512 g/mol. The summed E-state index contributed by atoms with van der Waals surface area (Å²) in [5.41, 5.74) is 1.67. The van der Waals surface area contributed by atoms with Crippen LogP contribution in [-0.4, -0.2) is 35.2 Å². The van der Waals surface area contributed by atoms with Crippen LogP contribution in [0.1, 0.15) is 113 Å². The molecule has 0 radical (unpaired) electrons. The third-order valence-electron chi connectivity index (χ3n) is 7.65. The second-order valence-electron chi connectivity index (χ2n) is 11.8. The Morgan fingerprint density at radius 1 is 1.06 bits per heavy atom. The normalized spacial score (nSPS) is 25.1. The monoisotopic (exact) mass is 511 g/mol. The number of hydrogen-bond donors (Lipinski definition) is 1. The van der Waals surface area contributed by atoms with E-state index in [0.717, 1.165) is 57.8 Å². The van der Waals surface area contributed by atoms with E-state index in [9.17, 15) is 14.7 Å². The quantitative estimate of drug-likeness (QED) is 0.324. The molecule has 2 fully saturated rings. The molecule has 3 aliphatic rings. The minimum Gasteiger partial charge on any atom is -0.477 e. The zero-order valence-corrected chi connectivity index (χ0v) is 23.1. The number of thiophene rings is 1. The Morgan fingerprint density at radius 3 is 2.31 bits per heavy atom. The molecule has 1 aromatic rings. The van der Waals surface area contributed by atoms with Gasteiger partial charge in [0, 0.05) is 17.4 Å². The van der Waals surface area contributed by atoms with Crippen molar-refractivity contribution in [2.75, 3.05) is 4.90 Å². The van der Waals surface area contributed by atoms with Gasteiger partial charge in [0.15, 0.2) is 0 Å². The Hall–Kier alpha value is -2.10. The number of anilines is 1. The maximum Gasteiger partial charge on any atom is 0.348 e. The maximum atomic E-state index is 14.0. The highest BCUT2D eigenvalue weighted by atomic mass is 32.1. The van der Waals surface area contributed by atoms with Gasteiger partial charge in [0.05, 0.1) is 22.8 Å². The van der Waals surface area contributed by atoms with Gasteiger partial charge < -0.3 is 14.7 Å². The number of carboxylic acids is 1. The van der Waals surface area contributed by atoms with Crippen molar-refractivity contribution in [2.45, 2.75) is 117 Å². The summed E-state index contributed by atoms with van der Waals surface area (Å²) < 4.78 is 6.38. The molecule has 5 nitrogen and oxygen atoms in total. The van der Waals surface area contributed by atoms with E-state index in [4.69, 9.17) is 4.74 Å². The Bertz CT molecular complexity index is 1040. The number of carbonyl (C=O) groups excluding carboxylic acids is 1. The van der Waals surface area contributed by atoms with E-state index in [1.165, 1.54) is 29.8 Å². The van der Waals surface area contributed by atoms with Crippen LogP contribution in [0, 0.1) is 23.2 Å². The van der Waals surface area contributed by atoms with Crippen LogP contribution in [0.5, 0.6) is 0 Å². The van der Waals surface area contributed by atoms with Crippen molar-refractivity contribution in [3.63, 3.8) is 0 Å².